The van der Waals surface area contributed by atoms with Crippen LogP contribution in [-0.2, 0) is 4.74 Å². The van der Waals surface area contributed by atoms with Gasteiger partial charge in [0.25, 0.3) is 0 Å². The molecule has 0 spiro atoms. The minimum absolute atomic E-state index is 0. The van der Waals surface area contributed by atoms with Gasteiger partial charge in [0.2, 0.25) is 0 Å². The van der Waals surface area contributed by atoms with E-state index in [1.807, 2.05) is 0 Å². The number of benzene rings is 1. The number of ether oxygens (including phenoxy) is 1. The van der Waals surface area contributed by atoms with E-state index in [0.29, 0.717) is 11.1 Å². The Morgan fingerprint density at radius 2 is 2.06 bits per heavy atom. The number of methoxy groups -OCH3 is 1. The van der Waals surface area contributed by atoms with Crippen molar-refractivity contribution in [2.24, 2.45) is 11.7 Å². The van der Waals surface area contributed by atoms with Crippen molar-refractivity contribution >= 4 is 18.4 Å². The number of aliphatic hydroxyl groups excluding tert-OH is 1. The quantitative estimate of drug-likeness (QED) is 0.817. The summed E-state index contributed by atoms with van der Waals surface area (Å²) in [6.07, 6.45) is 1.44. The van der Waals surface area contributed by atoms with Crippen LogP contribution in [0.2, 0.25) is 0 Å². The molecule has 2 atom stereocenters. The average Bonchev–Trinajstić information content (AvgIpc) is 3.20. The van der Waals surface area contributed by atoms with Crippen LogP contribution in [0.4, 0.5) is 0 Å². The molecule has 1 fully saturated rings. The summed E-state index contributed by atoms with van der Waals surface area (Å²) < 4.78 is 4.71. The van der Waals surface area contributed by atoms with Gasteiger partial charge in [-0.2, -0.15) is 0 Å². The van der Waals surface area contributed by atoms with E-state index in [2.05, 4.69) is 0 Å². The lowest BCUT2D eigenvalue weighted by molar-refractivity contribution is 0.0596. The standard InChI is InChI=1S/C13H17NO3.ClH/c1-17-13(16)10-5-3-2-4-9(10)11(14)12(15)8-6-7-8;/h2-5,8,11-12,15H,6-7,14H2,1H3;1H/t11-,12+;/m0./s1. The minimum Gasteiger partial charge on any atom is -0.465 e. The molecule has 1 aromatic carbocycles. The van der Waals surface area contributed by atoms with Crippen LogP contribution in [-0.4, -0.2) is 24.3 Å². The molecular weight excluding hydrogens is 254 g/mol. The normalized spacial score (nSPS) is 17.5. The maximum Gasteiger partial charge on any atom is 0.338 e. The molecule has 1 aliphatic carbocycles. The SMILES string of the molecule is COC(=O)c1ccccc1[C@H](N)[C@H](O)C1CC1.Cl. The number of esters is 1. The minimum atomic E-state index is -0.583. The fourth-order valence-corrected chi connectivity index (χ4v) is 2.00. The van der Waals surface area contributed by atoms with E-state index in [1.165, 1.54) is 7.11 Å². The van der Waals surface area contributed by atoms with Crippen LogP contribution in [0.15, 0.2) is 24.3 Å². The Morgan fingerprint density at radius 3 is 2.61 bits per heavy atom. The molecule has 3 N–H and O–H groups in total. The van der Waals surface area contributed by atoms with Crippen LogP contribution in [0.3, 0.4) is 0 Å². The topological polar surface area (TPSA) is 72.5 Å². The molecule has 0 heterocycles. The fraction of sp³-hybridized carbons (Fsp3) is 0.462. The molecule has 0 radical (unpaired) electrons. The van der Waals surface area contributed by atoms with Crippen molar-refractivity contribution in [1.29, 1.82) is 0 Å². The first kappa shape index (κ1) is 15.0. The zero-order valence-corrected chi connectivity index (χ0v) is 11.0. The highest BCUT2D eigenvalue weighted by molar-refractivity contribution is 5.91. The lowest BCUT2D eigenvalue weighted by Gasteiger charge is -2.20. The molecule has 2 rings (SSSR count). The molecule has 0 unspecified atom stereocenters. The molecule has 0 saturated heterocycles. The Morgan fingerprint density at radius 1 is 1.44 bits per heavy atom. The second-order valence-electron chi connectivity index (χ2n) is 4.43. The fourth-order valence-electron chi connectivity index (χ4n) is 2.00. The van der Waals surface area contributed by atoms with E-state index in [-0.39, 0.29) is 18.3 Å². The van der Waals surface area contributed by atoms with Gasteiger partial charge in [-0.1, -0.05) is 18.2 Å². The van der Waals surface area contributed by atoms with E-state index in [0.717, 1.165) is 12.8 Å². The Balaban J connectivity index is 0.00000162. The van der Waals surface area contributed by atoms with E-state index >= 15 is 0 Å². The molecule has 5 heteroatoms. The smallest absolute Gasteiger partial charge is 0.338 e. The second-order valence-corrected chi connectivity index (χ2v) is 4.43. The molecular formula is C13H18ClNO3. The van der Waals surface area contributed by atoms with Crippen molar-refractivity contribution in [1.82, 2.24) is 0 Å². The van der Waals surface area contributed by atoms with Crippen molar-refractivity contribution in [3.63, 3.8) is 0 Å². The summed E-state index contributed by atoms with van der Waals surface area (Å²) in [4.78, 5) is 11.6. The number of hydrogen-bond donors (Lipinski definition) is 2. The molecule has 0 aliphatic heterocycles. The summed E-state index contributed by atoms with van der Waals surface area (Å²) in [7, 11) is 1.34. The summed E-state index contributed by atoms with van der Waals surface area (Å²) >= 11 is 0. The van der Waals surface area contributed by atoms with Gasteiger partial charge in [-0.15, -0.1) is 12.4 Å². The average molecular weight is 272 g/mol. The molecule has 1 aromatic rings. The van der Waals surface area contributed by atoms with Crippen LogP contribution in [0.5, 0.6) is 0 Å². The number of carbonyl (C=O) groups is 1. The van der Waals surface area contributed by atoms with Crippen LogP contribution < -0.4 is 5.73 Å². The summed E-state index contributed by atoms with van der Waals surface area (Å²) in [5.41, 5.74) is 7.10. The molecule has 0 aromatic heterocycles. The van der Waals surface area contributed by atoms with Gasteiger partial charge in [-0.25, -0.2) is 4.79 Å². The van der Waals surface area contributed by atoms with Gasteiger partial charge in [0, 0.05) is 0 Å². The van der Waals surface area contributed by atoms with E-state index in [4.69, 9.17) is 10.5 Å². The first-order valence-electron chi connectivity index (χ1n) is 5.76. The van der Waals surface area contributed by atoms with Crippen LogP contribution in [0, 0.1) is 5.92 Å². The van der Waals surface area contributed by atoms with E-state index in [9.17, 15) is 9.90 Å². The molecule has 1 aliphatic rings. The first-order chi connectivity index (χ1) is 8.15. The summed E-state index contributed by atoms with van der Waals surface area (Å²) in [5.74, 6) is -0.144. The highest BCUT2D eigenvalue weighted by Gasteiger charge is 2.35. The lowest BCUT2D eigenvalue weighted by atomic mass is 9.95. The Labute approximate surface area is 113 Å². The largest absolute Gasteiger partial charge is 0.465 e. The number of nitrogens with two attached hydrogens (primary N) is 1. The highest BCUT2D eigenvalue weighted by Crippen LogP contribution is 2.37. The Bertz CT molecular complexity index is 420. The predicted octanol–water partition coefficient (Wildman–Crippen LogP) is 1.67. The van der Waals surface area contributed by atoms with Crippen LogP contribution >= 0.6 is 12.4 Å². The van der Waals surface area contributed by atoms with E-state index < -0.39 is 18.1 Å². The summed E-state index contributed by atoms with van der Waals surface area (Å²) in [5, 5.41) is 10.0. The zero-order chi connectivity index (χ0) is 12.4. The maximum absolute atomic E-state index is 11.6. The van der Waals surface area contributed by atoms with Gasteiger partial charge in [0.1, 0.15) is 0 Å². The van der Waals surface area contributed by atoms with Crippen LogP contribution in [0.25, 0.3) is 0 Å². The first-order valence-corrected chi connectivity index (χ1v) is 5.76. The third-order valence-corrected chi connectivity index (χ3v) is 3.20. The Hall–Kier alpha value is -1.10. The van der Waals surface area contributed by atoms with Gasteiger partial charge in [-0.05, 0) is 30.4 Å². The number of carbonyl (C=O) groups excluding carboxylic acids is 1. The molecule has 1 saturated carbocycles. The van der Waals surface area contributed by atoms with Crippen molar-refractivity contribution in [3.8, 4) is 0 Å². The van der Waals surface area contributed by atoms with E-state index in [1.54, 1.807) is 24.3 Å². The number of aliphatic hydroxyl groups is 1. The maximum atomic E-state index is 11.6. The number of halogens is 1. The summed E-state index contributed by atoms with van der Waals surface area (Å²) in [6, 6.07) is 6.47. The number of rotatable bonds is 4. The Kier molecular flexibility index (Phi) is 5.14. The van der Waals surface area contributed by atoms with Crippen molar-refractivity contribution in [2.45, 2.75) is 25.0 Å². The van der Waals surface area contributed by atoms with Crippen LogP contribution in [0.1, 0.15) is 34.8 Å². The monoisotopic (exact) mass is 271 g/mol. The van der Waals surface area contributed by atoms with Gasteiger partial charge in [0.15, 0.2) is 0 Å². The van der Waals surface area contributed by atoms with Crippen molar-refractivity contribution in [2.75, 3.05) is 7.11 Å². The van der Waals surface area contributed by atoms with Gasteiger partial charge >= 0.3 is 5.97 Å². The third kappa shape index (κ3) is 3.02. The van der Waals surface area contributed by atoms with Gasteiger partial charge < -0.3 is 15.6 Å². The van der Waals surface area contributed by atoms with Gasteiger partial charge in [0.05, 0.1) is 24.8 Å². The second kappa shape index (κ2) is 6.18. The zero-order valence-electron chi connectivity index (χ0n) is 10.2. The third-order valence-electron chi connectivity index (χ3n) is 3.20. The summed E-state index contributed by atoms with van der Waals surface area (Å²) in [6.45, 7) is 0. The molecule has 18 heavy (non-hydrogen) atoms. The van der Waals surface area contributed by atoms with Crippen molar-refractivity contribution in [3.05, 3.63) is 35.4 Å². The molecule has 0 amide bonds. The molecule has 4 nitrogen and oxygen atoms in total. The number of hydrogen-bond acceptors (Lipinski definition) is 4. The van der Waals surface area contributed by atoms with Crippen molar-refractivity contribution < 1.29 is 14.6 Å². The highest BCUT2D eigenvalue weighted by atomic mass is 35.5. The predicted molar refractivity (Wildman–Crippen MR) is 70.7 cm³/mol. The van der Waals surface area contributed by atoms with Gasteiger partial charge in [-0.3, -0.25) is 0 Å². The molecule has 100 valence electrons. The lowest BCUT2D eigenvalue weighted by Crippen LogP contribution is -2.29. The molecule has 0 bridgehead atoms.